The normalized spacial score (nSPS) is 12.4. The Morgan fingerprint density at radius 2 is 2.29 bits per heavy atom. The summed E-state index contributed by atoms with van der Waals surface area (Å²) in [7, 11) is 0. The molecule has 1 rings (SSSR count). The van der Waals surface area contributed by atoms with E-state index in [4.69, 9.17) is 15.6 Å². The van der Waals surface area contributed by atoms with Gasteiger partial charge in [-0.3, -0.25) is 9.59 Å². The molecule has 0 spiro atoms. The maximum Gasteiger partial charge on any atom is 0.308 e. The highest BCUT2D eigenvalue weighted by Gasteiger charge is 2.15. The van der Waals surface area contributed by atoms with Gasteiger partial charge in [0.1, 0.15) is 17.7 Å². The number of nitrogens with zero attached hydrogens (tertiary/aromatic N) is 1. The standard InChI is InChI=1S/C10H15N3O4/c1-3-17-5(2)9-12-8(11)6(4-7(14)15)10(16)13-9/h5H,3-4H2,1-2H3,(H,14,15)(H3,11,12,13,16). The number of carbonyl (C=O) groups is 1. The van der Waals surface area contributed by atoms with Gasteiger partial charge >= 0.3 is 5.97 Å². The van der Waals surface area contributed by atoms with E-state index in [1.807, 2.05) is 6.92 Å². The molecule has 1 aromatic heterocycles. The molecule has 0 aromatic carbocycles. The third-order valence-corrected chi connectivity index (χ3v) is 2.20. The molecular weight excluding hydrogens is 226 g/mol. The Bertz CT molecular complexity index is 469. The zero-order chi connectivity index (χ0) is 13.0. The first-order valence-electron chi connectivity index (χ1n) is 5.17. The second-order valence-electron chi connectivity index (χ2n) is 3.48. The number of nitrogens with two attached hydrogens (primary N) is 1. The van der Waals surface area contributed by atoms with Gasteiger partial charge in [0, 0.05) is 6.61 Å². The van der Waals surface area contributed by atoms with Gasteiger partial charge in [-0.2, -0.15) is 0 Å². The van der Waals surface area contributed by atoms with Crippen LogP contribution in [0, 0.1) is 0 Å². The Hall–Kier alpha value is -1.89. The second-order valence-corrected chi connectivity index (χ2v) is 3.48. The zero-order valence-corrected chi connectivity index (χ0v) is 9.69. The number of hydrogen-bond acceptors (Lipinski definition) is 5. The molecule has 0 aliphatic carbocycles. The van der Waals surface area contributed by atoms with Crippen LogP contribution in [0.4, 0.5) is 5.82 Å². The topological polar surface area (TPSA) is 118 Å². The molecule has 0 radical (unpaired) electrons. The van der Waals surface area contributed by atoms with Crippen molar-refractivity contribution in [2.45, 2.75) is 26.4 Å². The van der Waals surface area contributed by atoms with Crippen molar-refractivity contribution in [2.24, 2.45) is 0 Å². The first-order chi connectivity index (χ1) is 7.95. The van der Waals surface area contributed by atoms with Gasteiger partial charge in [-0.1, -0.05) is 0 Å². The van der Waals surface area contributed by atoms with Crippen molar-refractivity contribution in [3.05, 3.63) is 21.7 Å². The van der Waals surface area contributed by atoms with Gasteiger partial charge in [-0.05, 0) is 13.8 Å². The van der Waals surface area contributed by atoms with Gasteiger partial charge in [0.2, 0.25) is 0 Å². The lowest BCUT2D eigenvalue weighted by Gasteiger charge is -2.12. The predicted octanol–water partition coefficient (Wildman–Crippen LogP) is 0.0767. The van der Waals surface area contributed by atoms with Crippen LogP contribution in [0.15, 0.2) is 4.79 Å². The summed E-state index contributed by atoms with van der Waals surface area (Å²) in [6, 6.07) is 0. The minimum Gasteiger partial charge on any atom is -0.481 e. The van der Waals surface area contributed by atoms with E-state index < -0.39 is 24.1 Å². The third kappa shape index (κ3) is 3.28. The number of H-pyrrole nitrogens is 1. The number of nitrogen functional groups attached to an aromatic ring is 1. The van der Waals surface area contributed by atoms with Crippen molar-refractivity contribution >= 4 is 11.8 Å². The number of anilines is 1. The number of nitrogens with one attached hydrogen (secondary N) is 1. The van der Waals surface area contributed by atoms with Crippen LogP contribution in [0.1, 0.15) is 31.3 Å². The van der Waals surface area contributed by atoms with Gasteiger partial charge in [0.05, 0.1) is 12.0 Å². The van der Waals surface area contributed by atoms with E-state index in [0.717, 1.165) is 0 Å². The number of hydrogen-bond donors (Lipinski definition) is 3. The van der Waals surface area contributed by atoms with Crippen molar-refractivity contribution in [1.29, 1.82) is 0 Å². The van der Waals surface area contributed by atoms with Crippen LogP contribution in [0.2, 0.25) is 0 Å². The number of aromatic nitrogens is 2. The molecule has 7 heteroatoms. The van der Waals surface area contributed by atoms with E-state index >= 15 is 0 Å². The minimum atomic E-state index is -1.13. The Balaban J connectivity index is 3.09. The van der Waals surface area contributed by atoms with Crippen molar-refractivity contribution in [3.63, 3.8) is 0 Å². The van der Waals surface area contributed by atoms with Crippen LogP contribution >= 0.6 is 0 Å². The molecule has 0 bridgehead atoms. The fourth-order valence-corrected chi connectivity index (χ4v) is 1.38. The molecule has 0 amide bonds. The van der Waals surface area contributed by atoms with E-state index in [2.05, 4.69) is 9.97 Å². The van der Waals surface area contributed by atoms with E-state index in [-0.39, 0.29) is 11.4 Å². The Kier molecular flexibility index (Phi) is 4.22. The molecule has 1 unspecified atom stereocenters. The zero-order valence-electron chi connectivity index (χ0n) is 9.69. The highest BCUT2D eigenvalue weighted by molar-refractivity contribution is 5.71. The smallest absolute Gasteiger partial charge is 0.308 e. The molecule has 0 saturated carbocycles. The van der Waals surface area contributed by atoms with Gasteiger partial charge in [0.15, 0.2) is 0 Å². The first kappa shape index (κ1) is 13.2. The number of ether oxygens (including phenoxy) is 1. The Labute approximate surface area is 97.6 Å². The molecule has 1 atom stereocenters. The second kappa shape index (κ2) is 5.44. The largest absolute Gasteiger partial charge is 0.481 e. The number of aliphatic carboxylic acids is 1. The van der Waals surface area contributed by atoms with Crippen LogP contribution < -0.4 is 11.3 Å². The van der Waals surface area contributed by atoms with Crippen molar-refractivity contribution < 1.29 is 14.6 Å². The van der Waals surface area contributed by atoms with Gasteiger partial charge < -0.3 is 20.6 Å². The van der Waals surface area contributed by atoms with Crippen molar-refractivity contribution in [2.75, 3.05) is 12.3 Å². The lowest BCUT2D eigenvalue weighted by molar-refractivity contribution is -0.136. The molecule has 1 aromatic rings. The summed E-state index contributed by atoms with van der Waals surface area (Å²) >= 11 is 0. The number of carboxylic acid groups (broad SMARTS) is 1. The van der Waals surface area contributed by atoms with E-state index in [9.17, 15) is 9.59 Å². The van der Waals surface area contributed by atoms with Crippen LogP contribution in [0.25, 0.3) is 0 Å². The molecule has 7 nitrogen and oxygen atoms in total. The summed E-state index contributed by atoms with van der Waals surface area (Å²) in [6.07, 6.45) is -0.842. The van der Waals surface area contributed by atoms with Crippen LogP contribution in [0.3, 0.4) is 0 Å². The van der Waals surface area contributed by atoms with Crippen LogP contribution in [0.5, 0.6) is 0 Å². The lowest BCUT2D eigenvalue weighted by atomic mass is 10.2. The summed E-state index contributed by atoms with van der Waals surface area (Å²) in [6.45, 7) is 4.01. The van der Waals surface area contributed by atoms with E-state index in [0.29, 0.717) is 12.4 Å². The fraction of sp³-hybridized carbons (Fsp3) is 0.500. The average molecular weight is 241 g/mol. The Morgan fingerprint density at radius 1 is 1.65 bits per heavy atom. The molecule has 4 N–H and O–H groups in total. The maximum atomic E-state index is 11.6. The minimum absolute atomic E-state index is 0.0371. The average Bonchev–Trinajstić information content (AvgIpc) is 2.23. The first-order valence-corrected chi connectivity index (χ1v) is 5.17. The molecule has 0 saturated heterocycles. The van der Waals surface area contributed by atoms with Crippen LogP contribution in [-0.4, -0.2) is 27.7 Å². The molecule has 0 fully saturated rings. The molecule has 1 heterocycles. The summed E-state index contributed by atoms with van der Waals surface area (Å²) in [5.74, 6) is -0.907. The third-order valence-electron chi connectivity index (χ3n) is 2.20. The SMILES string of the molecule is CCOC(C)c1nc(N)c(CC(=O)O)c(=O)[nH]1. The van der Waals surface area contributed by atoms with Crippen molar-refractivity contribution in [3.8, 4) is 0 Å². The van der Waals surface area contributed by atoms with Crippen LogP contribution in [-0.2, 0) is 16.0 Å². The summed E-state index contributed by atoms with van der Waals surface area (Å²) in [4.78, 5) is 28.6. The highest BCUT2D eigenvalue weighted by Crippen LogP contribution is 2.13. The van der Waals surface area contributed by atoms with Gasteiger partial charge in [-0.15, -0.1) is 0 Å². The quantitative estimate of drug-likeness (QED) is 0.671. The van der Waals surface area contributed by atoms with E-state index in [1.165, 1.54) is 0 Å². The van der Waals surface area contributed by atoms with E-state index in [1.54, 1.807) is 6.92 Å². The number of rotatable bonds is 5. The molecule has 94 valence electrons. The summed E-state index contributed by atoms with van der Waals surface area (Å²) < 4.78 is 5.25. The molecular formula is C10H15N3O4. The molecule has 0 aliphatic rings. The summed E-state index contributed by atoms with van der Waals surface area (Å²) in [5, 5.41) is 8.62. The van der Waals surface area contributed by atoms with Gasteiger partial charge in [-0.25, -0.2) is 4.98 Å². The Morgan fingerprint density at radius 3 is 2.76 bits per heavy atom. The molecule has 17 heavy (non-hydrogen) atoms. The lowest BCUT2D eigenvalue weighted by Crippen LogP contribution is -2.23. The highest BCUT2D eigenvalue weighted by atomic mass is 16.5. The number of carboxylic acids is 1. The van der Waals surface area contributed by atoms with Crippen molar-refractivity contribution in [1.82, 2.24) is 9.97 Å². The van der Waals surface area contributed by atoms with Gasteiger partial charge in [0.25, 0.3) is 5.56 Å². The number of aromatic amines is 1. The summed E-state index contributed by atoms with van der Waals surface area (Å²) in [5.41, 5.74) is 4.98. The monoisotopic (exact) mass is 241 g/mol. The molecule has 0 aliphatic heterocycles. The predicted molar refractivity (Wildman–Crippen MR) is 60.7 cm³/mol. The fourth-order valence-electron chi connectivity index (χ4n) is 1.38. The maximum absolute atomic E-state index is 11.6.